The first-order valence-corrected chi connectivity index (χ1v) is 8.37. The maximum Gasteiger partial charge on any atom is 0.201 e. The third kappa shape index (κ3) is 2.35. The highest BCUT2D eigenvalue weighted by molar-refractivity contribution is 7.91. The third-order valence-electron chi connectivity index (χ3n) is 3.59. The van der Waals surface area contributed by atoms with E-state index in [1.807, 2.05) is 0 Å². The van der Waals surface area contributed by atoms with Crippen molar-refractivity contribution in [1.29, 1.82) is 0 Å². The lowest BCUT2D eigenvalue weighted by atomic mass is 10.1. The molecule has 1 aliphatic heterocycles. The standard InChI is InChI=1S/C12H13ClFN3O2S/c13-8-3-11-10(4-9(8)14)16-12(15)17(11)5-7-1-2-20(18,19)6-7/h3-4,7H,1-2,5-6H2,(H2,15,16). The van der Waals surface area contributed by atoms with E-state index >= 15 is 0 Å². The third-order valence-corrected chi connectivity index (χ3v) is 5.71. The zero-order chi connectivity index (χ0) is 14.5. The number of benzene rings is 1. The molecular formula is C12H13ClFN3O2S. The Morgan fingerprint density at radius 3 is 2.90 bits per heavy atom. The van der Waals surface area contributed by atoms with Crippen molar-refractivity contribution >= 4 is 38.4 Å². The van der Waals surface area contributed by atoms with Gasteiger partial charge in [-0.3, -0.25) is 0 Å². The molecule has 108 valence electrons. The molecule has 0 spiro atoms. The topological polar surface area (TPSA) is 78.0 Å². The molecule has 0 bridgehead atoms. The molecule has 0 saturated carbocycles. The van der Waals surface area contributed by atoms with Crippen molar-refractivity contribution in [2.24, 2.45) is 5.92 Å². The first-order valence-electron chi connectivity index (χ1n) is 6.17. The highest BCUT2D eigenvalue weighted by Gasteiger charge is 2.29. The number of anilines is 1. The van der Waals surface area contributed by atoms with Gasteiger partial charge in [-0.2, -0.15) is 0 Å². The Balaban J connectivity index is 1.99. The van der Waals surface area contributed by atoms with Gasteiger partial charge in [0.05, 0.1) is 27.6 Å². The van der Waals surface area contributed by atoms with Gasteiger partial charge in [0.1, 0.15) is 5.82 Å². The second kappa shape index (κ2) is 4.60. The molecule has 0 amide bonds. The van der Waals surface area contributed by atoms with Gasteiger partial charge in [0, 0.05) is 12.6 Å². The van der Waals surface area contributed by atoms with Crippen LogP contribution in [0.1, 0.15) is 6.42 Å². The predicted molar refractivity (Wildman–Crippen MR) is 75.9 cm³/mol. The zero-order valence-electron chi connectivity index (χ0n) is 10.5. The Hall–Kier alpha value is -1.34. The maximum atomic E-state index is 13.4. The van der Waals surface area contributed by atoms with E-state index in [2.05, 4.69) is 4.98 Å². The Bertz CT molecular complexity index is 788. The summed E-state index contributed by atoms with van der Waals surface area (Å²) in [5, 5.41) is -0.00214. The van der Waals surface area contributed by atoms with Gasteiger partial charge in [0.15, 0.2) is 9.84 Å². The summed E-state index contributed by atoms with van der Waals surface area (Å²) in [6.45, 7) is 0.448. The lowest BCUT2D eigenvalue weighted by molar-refractivity contribution is 0.502. The number of sulfone groups is 1. The summed E-state index contributed by atoms with van der Waals surface area (Å²) >= 11 is 5.78. The maximum absolute atomic E-state index is 13.4. The smallest absolute Gasteiger partial charge is 0.201 e. The lowest BCUT2D eigenvalue weighted by Crippen LogP contribution is -2.14. The molecular weight excluding hydrogens is 305 g/mol. The average molecular weight is 318 g/mol. The average Bonchev–Trinajstić information content (AvgIpc) is 2.83. The fourth-order valence-electron chi connectivity index (χ4n) is 2.60. The normalized spacial score (nSPS) is 21.6. The summed E-state index contributed by atoms with van der Waals surface area (Å²) in [7, 11) is -2.94. The van der Waals surface area contributed by atoms with E-state index in [-0.39, 0.29) is 28.4 Å². The Kier molecular flexibility index (Phi) is 3.13. The second-order valence-corrected chi connectivity index (χ2v) is 7.74. The van der Waals surface area contributed by atoms with Gasteiger partial charge in [-0.25, -0.2) is 17.8 Å². The largest absolute Gasteiger partial charge is 0.369 e. The number of hydrogen-bond donors (Lipinski definition) is 1. The minimum Gasteiger partial charge on any atom is -0.369 e. The molecule has 0 aliphatic carbocycles. The summed E-state index contributed by atoms with van der Waals surface area (Å²) in [5.41, 5.74) is 6.88. The molecule has 1 aliphatic rings. The minimum absolute atomic E-state index is 0.00214. The molecule has 1 unspecified atom stereocenters. The van der Waals surface area contributed by atoms with Gasteiger partial charge >= 0.3 is 0 Å². The van der Waals surface area contributed by atoms with Gasteiger partial charge < -0.3 is 10.3 Å². The number of fused-ring (bicyclic) bond motifs is 1. The van der Waals surface area contributed by atoms with E-state index < -0.39 is 15.7 Å². The van der Waals surface area contributed by atoms with Crippen LogP contribution in [0.15, 0.2) is 12.1 Å². The van der Waals surface area contributed by atoms with E-state index in [0.29, 0.717) is 24.0 Å². The highest BCUT2D eigenvalue weighted by Crippen LogP contribution is 2.28. The molecule has 8 heteroatoms. The van der Waals surface area contributed by atoms with Crippen LogP contribution in [0, 0.1) is 11.7 Å². The van der Waals surface area contributed by atoms with Crippen molar-refractivity contribution < 1.29 is 12.8 Å². The molecule has 1 fully saturated rings. The van der Waals surface area contributed by atoms with E-state index in [9.17, 15) is 12.8 Å². The monoisotopic (exact) mass is 317 g/mol. The van der Waals surface area contributed by atoms with Crippen molar-refractivity contribution in [3.8, 4) is 0 Å². The van der Waals surface area contributed by atoms with Crippen LogP contribution >= 0.6 is 11.6 Å². The molecule has 5 nitrogen and oxygen atoms in total. The number of imidazole rings is 1. The van der Waals surface area contributed by atoms with Gasteiger partial charge in [-0.15, -0.1) is 0 Å². The summed E-state index contributed by atoms with van der Waals surface area (Å²) in [6, 6.07) is 2.70. The number of hydrogen-bond acceptors (Lipinski definition) is 4. The van der Waals surface area contributed by atoms with Crippen molar-refractivity contribution in [1.82, 2.24) is 9.55 Å². The van der Waals surface area contributed by atoms with Crippen LogP contribution in [0.2, 0.25) is 5.02 Å². The summed E-state index contributed by atoms with van der Waals surface area (Å²) in [6.07, 6.45) is 0.608. The number of nitrogens with two attached hydrogens (primary N) is 1. The fourth-order valence-corrected chi connectivity index (χ4v) is 4.61. The number of nitrogen functional groups attached to an aromatic ring is 1. The number of rotatable bonds is 2. The van der Waals surface area contributed by atoms with Crippen LogP contribution in [-0.2, 0) is 16.4 Å². The quantitative estimate of drug-likeness (QED) is 0.917. The molecule has 3 rings (SSSR count). The first-order chi connectivity index (χ1) is 9.35. The lowest BCUT2D eigenvalue weighted by Gasteiger charge is -2.11. The molecule has 2 heterocycles. The summed E-state index contributed by atoms with van der Waals surface area (Å²) in [4.78, 5) is 4.09. The molecule has 1 saturated heterocycles. The molecule has 1 aromatic carbocycles. The Labute approximate surface area is 120 Å². The van der Waals surface area contributed by atoms with Gasteiger partial charge in [0.25, 0.3) is 0 Å². The van der Waals surface area contributed by atoms with E-state index in [0.717, 1.165) is 0 Å². The Morgan fingerprint density at radius 2 is 2.25 bits per heavy atom. The van der Waals surface area contributed by atoms with Gasteiger partial charge in [-0.1, -0.05) is 11.6 Å². The zero-order valence-corrected chi connectivity index (χ0v) is 12.1. The molecule has 0 radical (unpaired) electrons. The van der Waals surface area contributed by atoms with Crippen molar-refractivity contribution in [3.63, 3.8) is 0 Å². The van der Waals surface area contributed by atoms with Crippen molar-refractivity contribution in [2.75, 3.05) is 17.2 Å². The molecule has 1 atom stereocenters. The van der Waals surface area contributed by atoms with Crippen LogP contribution in [0.4, 0.5) is 10.3 Å². The predicted octanol–water partition coefficient (Wildman–Crippen LogP) is 1.85. The fraction of sp³-hybridized carbons (Fsp3) is 0.417. The van der Waals surface area contributed by atoms with E-state index in [4.69, 9.17) is 17.3 Å². The number of nitrogens with zero attached hydrogens (tertiary/aromatic N) is 2. The first kappa shape index (κ1) is 13.6. The summed E-state index contributed by atoms with van der Waals surface area (Å²) < 4.78 is 38.1. The highest BCUT2D eigenvalue weighted by atomic mass is 35.5. The van der Waals surface area contributed by atoms with Crippen molar-refractivity contribution in [3.05, 3.63) is 23.0 Å². The number of halogens is 2. The van der Waals surface area contributed by atoms with Gasteiger partial charge in [0.2, 0.25) is 5.95 Å². The van der Waals surface area contributed by atoms with Crippen LogP contribution < -0.4 is 5.73 Å². The molecule has 2 N–H and O–H groups in total. The number of aromatic nitrogens is 2. The SMILES string of the molecule is Nc1nc2cc(F)c(Cl)cc2n1CC1CCS(=O)(=O)C1. The molecule has 20 heavy (non-hydrogen) atoms. The van der Waals surface area contributed by atoms with Crippen molar-refractivity contribution in [2.45, 2.75) is 13.0 Å². The van der Waals surface area contributed by atoms with Crippen LogP contribution in [0.5, 0.6) is 0 Å². The molecule has 1 aromatic heterocycles. The second-order valence-electron chi connectivity index (χ2n) is 5.10. The van der Waals surface area contributed by atoms with E-state index in [1.54, 1.807) is 4.57 Å². The van der Waals surface area contributed by atoms with Crippen LogP contribution in [-0.4, -0.2) is 29.5 Å². The Morgan fingerprint density at radius 1 is 1.50 bits per heavy atom. The molecule has 2 aromatic rings. The summed E-state index contributed by atoms with van der Waals surface area (Å²) in [5.74, 6) is 0.0578. The van der Waals surface area contributed by atoms with E-state index in [1.165, 1.54) is 12.1 Å². The minimum atomic E-state index is -2.94. The van der Waals surface area contributed by atoms with Crippen LogP contribution in [0.25, 0.3) is 11.0 Å². The van der Waals surface area contributed by atoms with Gasteiger partial charge in [-0.05, 0) is 18.4 Å². The van der Waals surface area contributed by atoms with Crippen LogP contribution in [0.3, 0.4) is 0 Å².